The van der Waals surface area contributed by atoms with Crippen molar-refractivity contribution in [2.45, 2.75) is 51.9 Å². The second-order valence-electron chi connectivity index (χ2n) is 5.97. The smallest absolute Gasteiger partial charge is 0.315 e. The van der Waals surface area contributed by atoms with Crippen LogP contribution in [0.5, 0.6) is 0 Å². The van der Waals surface area contributed by atoms with Crippen LogP contribution >= 0.6 is 0 Å². The monoisotopic (exact) mass is 305 g/mol. The van der Waals surface area contributed by atoms with Crippen LogP contribution in [0.2, 0.25) is 0 Å². The normalized spacial score (nSPS) is 14.9. The third-order valence-electron chi connectivity index (χ3n) is 4.27. The molecule has 0 aromatic heterocycles. The summed E-state index contributed by atoms with van der Waals surface area (Å²) < 4.78 is 0. The lowest BCUT2D eigenvalue weighted by Gasteiger charge is -2.27. The predicted molar refractivity (Wildman–Crippen MR) is 87.7 cm³/mol. The Morgan fingerprint density at radius 1 is 1.23 bits per heavy atom. The third-order valence-corrected chi connectivity index (χ3v) is 4.27. The molecule has 2 N–H and O–H groups in total. The molecule has 0 saturated carbocycles. The minimum absolute atomic E-state index is 0.0335. The van der Waals surface area contributed by atoms with Gasteiger partial charge in [-0.3, -0.25) is 9.59 Å². The Kier molecular flexibility index (Phi) is 7.09. The van der Waals surface area contributed by atoms with E-state index in [-0.39, 0.29) is 18.4 Å². The number of hydrogen-bond acceptors (Lipinski definition) is 2. The molecule has 1 aromatic carbocycles. The molecular weight excluding hydrogens is 278 g/mol. The first kappa shape index (κ1) is 18.2. The standard InChI is InChI=1S/C18H27NO3/c1-4-6-10-14(5-2)16(20)19-13-18(3,17(21)22)15-11-8-7-9-12-15/h7-9,11-12,14H,4-6,10,13H2,1-3H3,(H,19,20)(H,21,22). The zero-order valence-electron chi connectivity index (χ0n) is 13.8. The van der Waals surface area contributed by atoms with Gasteiger partial charge in [-0.25, -0.2) is 0 Å². The van der Waals surface area contributed by atoms with E-state index < -0.39 is 11.4 Å². The number of hydrogen-bond donors (Lipinski definition) is 2. The number of unbranched alkanes of at least 4 members (excludes halogenated alkanes) is 1. The lowest BCUT2D eigenvalue weighted by molar-refractivity contribution is -0.143. The average molecular weight is 305 g/mol. The van der Waals surface area contributed by atoms with Crippen molar-refractivity contribution in [3.8, 4) is 0 Å². The summed E-state index contributed by atoms with van der Waals surface area (Å²) in [6, 6.07) is 9.05. The Morgan fingerprint density at radius 2 is 1.86 bits per heavy atom. The van der Waals surface area contributed by atoms with Crippen molar-refractivity contribution in [1.29, 1.82) is 0 Å². The maximum absolute atomic E-state index is 12.3. The molecule has 0 fully saturated rings. The Bertz CT molecular complexity index is 486. The van der Waals surface area contributed by atoms with Crippen molar-refractivity contribution in [2.24, 2.45) is 5.92 Å². The number of amides is 1. The summed E-state index contributed by atoms with van der Waals surface area (Å²) >= 11 is 0. The fraction of sp³-hybridized carbons (Fsp3) is 0.556. The highest BCUT2D eigenvalue weighted by Crippen LogP contribution is 2.23. The second-order valence-corrected chi connectivity index (χ2v) is 5.97. The van der Waals surface area contributed by atoms with Crippen molar-refractivity contribution >= 4 is 11.9 Å². The zero-order chi connectivity index (χ0) is 16.6. The molecule has 4 nitrogen and oxygen atoms in total. The van der Waals surface area contributed by atoms with Gasteiger partial charge in [-0.15, -0.1) is 0 Å². The molecule has 0 aliphatic carbocycles. The van der Waals surface area contributed by atoms with Crippen molar-refractivity contribution < 1.29 is 14.7 Å². The number of carboxylic acids is 1. The van der Waals surface area contributed by atoms with Gasteiger partial charge in [0.05, 0.1) is 0 Å². The van der Waals surface area contributed by atoms with E-state index >= 15 is 0 Å². The van der Waals surface area contributed by atoms with E-state index in [0.717, 1.165) is 25.7 Å². The summed E-state index contributed by atoms with van der Waals surface area (Å²) in [5.74, 6) is -1.01. The molecule has 1 aromatic rings. The molecule has 0 aliphatic heterocycles. The highest BCUT2D eigenvalue weighted by atomic mass is 16.4. The first-order valence-electron chi connectivity index (χ1n) is 8.02. The van der Waals surface area contributed by atoms with Crippen LogP contribution in [0.15, 0.2) is 30.3 Å². The van der Waals surface area contributed by atoms with E-state index in [1.54, 1.807) is 19.1 Å². The number of carbonyl (C=O) groups is 2. The van der Waals surface area contributed by atoms with E-state index in [9.17, 15) is 14.7 Å². The van der Waals surface area contributed by atoms with Gasteiger partial charge >= 0.3 is 5.97 Å². The molecule has 0 heterocycles. The van der Waals surface area contributed by atoms with Crippen LogP contribution < -0.4 is 5.32 Å². The molecule has 122 valence electrons. The molecule has 0 aliphatic rings. The maximum atomic E-state index is 12.3. The predicted octanol–water partition coefficient (Wildman–Crippen LogP) is 3.36. The summed E-state index contributed by atoms with van der Waals surface area (Å²) in [6.07, 6.45) is 3.70. The molecule has 2 atom stereocenters. The highest BCUT2D eigenvalue weighted by Gasteiger charge is 2.35. The van der Waals surface area contributed by atoms with Gasteiger partial charge in [0, 0.05) is 12.5 Å². The van der Waals surface area contributed by atoms with Crippen molar-refractivity contribution in [3.63, 3.8) is 0 Å². The summed E-state index contributed by atoms with van der Waals surface area (Å²) in [7, 11) is 0. The molecular formula is C18H27NO3. The van der Waals surface area contributed by atoms with E-state index in [1.807, 2.05) is 25.1 Å². The molecule has 1 amide bonds. The lowest BCUT2D eigenvalue weighted by atomic mass is 9.82. The Hall–Kier alpha value is -1.84. The van der Waals surface area contributed by atoms with Crippen LogP contribution in [0, 0.1) is 5.92 Å². The molecule has 0 bridgehead atoms. The fourth-order valence-corrected chi connectivity index (χ4v) is 2.49. The van der Waals surface area contributed by atoms with Gasteiger partial charge in [-0.05, 0) is 25.3 Å². The minimum atomic E-state index is -1.11. The molecule has 2 unspecified atom stereocenters. The first-order chi connectivity index (χ1) is 10.5. The molecule has 1 rings (SSSR count). The van der Waals surface area contributed by atoms with E-state index in [1.165, 1.54) is 0 Å². The molecule has 0 spiro atoms. The first-order valence-corrected chi connectivity index (χ1v) is 8.02. The van der Waals surface area contributed by atoms with Gasteiger partial charge in [-0.2, -0.15) is 0 Å². The van der Waals surface area contributed by atoms with Crippen LogP contribution in [0.4, 0.5) is 0 Å². The zero-order valence-corrected chi connectivity index (χ0v) is 13.8. The topological polar surface area (TPSA) is 66.4 Å². The number of nitrogens with one attached hydrogen (secondary N) is 1. The summed E-state index contributed by atoms with van der Waals surface area (Å²) in [4.78, 5) is 24.0. The minimum Gasteiger partial charge on any atom is -0.481 e. The number of carbonyl (C=O) groups excluding carboxylic acids is 1. The van der Waals surface area contributed by atoms with Crippen LogP contribution in [0.25, 0.3) is 0 Å². The van der Waals surface area contributed by atoms with Crippen molar-refractivity contribution in [3.05, 3.63) is 35.9 Å². The van der Waals surface area contributed by atoms with Gasteiger partial charge in [-0.1, -0.05) is 57.0 Å². The average Bonchev–Trinajstić information content (AvgIpc) is 2.53. The molecule has 0 saturated heterocycles. The van der Waals surface area contributed by atoms with Gasteiger partial charge < -0.3 is 10.4 Å². The largest absolute Gasteiger partial charge is 0.481 e. The summed E-state index contributed by atoms with van der Waals surface area (Å²) in [6.45, 7) is 5.85. The SMILES string of the molecule is CCCCC(CC)C(=O)NCC(C)(C(=O)O)c1ccccc1. The van der Waals surface area contributed by atoms with E-state index in [4.69, 9.17) is 0 Å². The van der Waals surface area contributed by atoms with E-state index in [2.05, 4.69) is 12.2 Å². The summed E-state index contributed by atoms with van der Waals surface area (Å²) in [5.41, 5.74) is -0.413. The maximum Gasteiger partial charge on any atom is 0.315 e. The van der Waals surface area contributed by atoms with Crippen LogP contribution in [-0.4, -0.2) is 23.5 Å². The van der Waals surface area contributed by atoms with Crippen LogP contribution in [0.3, 0.4) is 0 Å². The molecule has 0 radical (unpaired) electrons. The van der Waals surface area contributed by atoms with Gasteiger partial charge in [0.15, 0.2) is 0 Å². The number of rotatable bonds is 9. The molecule has 22 heavy (non-hydrogen) atoms. The lowest BCUT2D eigenvalue weighted by Crippen LogP contribution is -2.45. The van der Waals surface area contributed by atoms with Crippen molar-refractivity contribution in [2.75, 3.05) is 6.54 Å². The number of aliphatic carboxylic acids is 1. The fourth-order valence-electron chi connectivity index (χ4n) is 2.49. The summed E-state index contributed by atoms with van der Waals surface area (Å²) in [5, 5.41) is 12.4. The second kappa shape index (κ2) is 8.57. The quantitative estimate of drug-likeness (QED) is 0.735. The third kappa shape index (κ3) is 4.58. The van der Waals surface area contributed by atoms with Gasteiger partial charge in [0.25, 0.3) is 0 Å². The van der Waals surface area contributed by atoms with Gasteiger partial charge in [0.1, 0.15) is 5.41 Å². The van der Waals surface area contributed by atoms with Crippen LogP contribution in [-0.2, 0) is 15.0 Å². The van der Waals surface area contributed by atoms with Crippen LogP contribution in [0.1, 0.15) is 52.0 Å². The number of benzene rings is 1. The Morgan fingerprint density at radius 3 is 2.36 bits per heavy atom. The molecule has 4 heteroatoms. The highest BCUT2D eigenvalue weighted by molar-refractivity contribution is 5.83. The van der Waals surface area contributed by atoms with Crippen molar-refractivity contribution in [1.82, 2.24) is 5.32 Å². The van der Waals surface area contributed by atoms with Gasteiger partial charge in [0.2, 0.25) is 5.91 Å². The number of carboxylic acid groups (broad SMARTS) is 1. The van der Waals surface area contributed by atoms with E-state index in [0.29, 0.717) is 5.56 Å². The Labute approximate surface area is 132 Å². The Balaban J connectivity index is 2.77.